The molecule has 0 fully saturated rings. The van der Waals surface area contributed by atoms with E-state index in [0.717, 1.165) is 30.9 Å². The van der Waals surface area contributed by atoms with Crippen LogP contribution < -0.4 is 10.6 Å². The molecule has 1 heterocycles. The van der Waals surface area contributed by atoms with Gasteiger partial charge in [-0.05, 0) is 51.9 Å². The van der Waals surface area contributed by atoms with Crippen molar-refractivity contribution < 1.29 is 4.79 Å². The molecule has 27 heavy (non-hydrogen) atoms. The molecule has 0 aliphatic carbocycles. The normalized spacial score (nSPS) is 13.4. The molecule has 2 N–H and O–H groups in total. The highest BCUT2D eigenvalue weighted by Crippen LogP contribution is 2.06. The van der Waals surface area contributed by atoms with E-state index in [1.54, 1.807) is 0 Å². The molecule has 0 aliphatic heterocycles. The molecule has 0 spiro atoms. The van der Waals surface area contributed by atoms with E-state index in [4.69, 9.17) is 0 Å². The van der Waals surface area contributed by atoms with E-state index in [9.17, 15) is 4.79 Å². The Morgan fingerprint density at radius 1 is 1.22 bits per heavy atom. The van der Waals surface area contributed by atoms with Crippen molar-refractivity contribution >= 4 is 6.03 Å². The van der Waals surface area contributed by atoms with Gasteiger partial charge in [-0.15, -0.1) is 0 Å². The van der Waals surface area contributed by atoms with Gasteiger partial charge >= 0.3 is 6.03 Å². The Labute approximate surface area is 162 Å². The zero-order chi connectivity index (χ0) is 19.8. The lowest BCUT2D eigenvalue weighted by atomic mass is 10.1. The molecule has 0 bridgehead atoms. The van der Waals surface area contributed by atoms with Crippen molar-refractivity contribution in [2.24, 2.45) is 5.92 Å². The fourth-order valence-corrected chi connectivity index (χ4v) is 3.22. The highest BCUT2D eigenvalue weighted by molar-refractivity contribution is 5.74. The third kappa shape index (κ3) is 7.43. The Morgan fingerprint density at radius 2 is 1.93 bits per heavy atom. The number of carbonyl (C=O) groups excluding carboxylic acids is 1. The fourth-order valence-electron chi connectivity index (χ4n) is 3.22. The first-order valence-electron chi connectivity index (χ1n) is 9.57. The zero-order valence-electron chi connectivity index (χ0n) is 17.2. The summed E-state index contributed by atoms with van der Waals surface area (Å²) >= 11 is 0. The van der Waals surface area contributed by atoms with Gasteiger partial charge in [0.25, 0.3) is 0 Å². The molecule has 148 valence electrons. The number of urea groups is 1. The molecule has 1 aromatic carbocycles. The van der Waals surface area contributed by atoms with Crippen LogP contribution in [-0.4, -0.2) is 53.9 Å². The summed E-state index contributed by atoms with van der Waals surface area (Å²) in [5.41, 5.74) is 3.40. The molecular formula is C21H33N5O. The Hall–Kier alpha value is -2.34. The second-order valence-corrected chi connectivity index (χ2v) is 7.72. The SMILES string of the molecule is Cc1cc(C)n(CC(C)CNC(=O)NC(Cc2ccccc2)CN(C)C)n1. The number of aryl methyl sites for hydroxylation is 2. The second kappa shape index (κ2) is 10.1. The molecule has 2 atom stereocenters. The van der Waals surface area contributed by atoms with E-state index < -0.39 is 0 Å². The van der Waals surface area contributed by atoms with Gasteiger partial charge in [0.1, 0.15) is 0 Å². The average Bonchev–Trinajstić information content (AvgIpc) is 2.90. The molecule has 0 aliphatic rings. The summed E-state index contributed by atoms with van der Waals surface area (Å²) in [7, 11) is 4.04. The van der Waals surface area contributed by atoms with Crippen LogP contribution in [0.1, 0.15) is 23.9 Å². The van der Waals surface area contributed by atoms with Crippen molar-refractivity contribution in [3.8, 4) is 0 Å². The molecule has 2 unspecified atom stereocenters. The lowest BCUT2D eigenvalue weighted by Gasteiger charge is -2.23. The van der Waals surface area contributed by atoms with E-state index in [2.05, 4.69) is 52.7 Å². The molecular weight excluding hydrogens is 338 g/mol. The first-order valence-corrected chi connectivity index (χ1v) is 9.57. The Balaban J connectivity index is 1.82. The Bertz CT molecular complexity index is 711. The molecule has 2 rings (SSSR count). The van der Waals surface area contributed by atoms with Gasteiger partial charge in [0.05, 0.1) is 5.69 Å². The number of aromatic nitrogens is 2. The number of benzene rings is 1. The van der Waals surface area contributed by atoms with Gasteiger partial charge < -0.3 is 15.5 Å². The van der Waals surface area contributed by atoms with Crippen molar-refractivity contribution in [2.75, 3.05) is 27.2 Å². The van der Waals surface area contributed by atoms with Gasteiger partial charge in [-0.2, -0.15) is 5.10 Å². The van der Waals surface area contributed by atoms with Crippen LogP contribution in [0.5, 0.6) is 0 Å². The van der Waals surface area contributed by atoms with Crippen LogP contribution in [0.4, 0.5) is 4.79 Å². The highest BCUT2D eigenvalue weighted by atomic mass is 16.2. The van der Waals surface area contributed by atoms with Crippen LogP contribution in [0.3, 0.4) is 0 Å². The van der Waals surface area contributed by atoms with Gasteiger partial charge in [-0.25, -0.2) is 4.79 Å². The number of rotatable bonds is 9. The fraction of sp³-hybridized carbons (Fsp3) is 0.524. The number of hydrogen-bond donors (Lipinski definition) is 2. The second-order valence-electron chi connectivity index (χ2n) is 7.72. The molecule has 2 amide bonds. The molecule has 0 saturated heterocycles. The summed E-state index contributed by atoms with van der Waals surface area (Å²) in [5.74, 6) is 0.301. The molecule has 0 radical (unpaired) electrons. The smallest absolute Gasteiger partial charge is 0.315 e. The predicted octanol–water partition coefficient (Wildman–Crippen LogP) is 2.61. The van der Waals surface area contributed by atoms with Crippen molar-refractivity contribution in [1.29, 1.82) is 0 Å². The summed E-state index contributed by atoms with van der Waals surface area (Å²) < 4.78 is 2.00. The Morgan fingerprint density at radius 3 is 2.52 bits per heavy atom. The van der Waals surface area contributed by atoms with Crippen molar-refractivity contribution in [2.45, 2.75) is 39.8 Å². The number of nitrogens with one attached hydrogen (secondary N) is 2. The van der Waals surface area contributed by atoms with Crippen molar-refractivity contribution in [3.63, 3.8) is 0 Å². The van der Waals surface area contributed by atoms with Gasteiger partial charge in [0.2, 0.25) is 0 Å². The molecule has 6 heteroatoms. The highest BCUT2D eigenvalue weighted by Gasteiger charge is 2.15. The van der Waals surface area contributed by atoms with Gasteiger partial charge in [0.15, 0.2) is 0 Å². The summed E-state index contributed by atoms with van der Waals surface area (Å²) in [6.07, 6.45) is 0.813. The van der Waals surface area contributed by atoms with Crippen LogP contribution >= 0.6 is 0 Å². The lowest BCUT2D eigenvalue weighted by molar-refractivity contribution is 0.230. The first kappa shape index (κ1) is 21.0. The zero-order valence-corrected chi connectivity index (χ0v) is 17.2. The average molecular weight is 372 g/mol. The van der Waals surface area contributed by atoms with E-state index >= 15 is 0 Å². The number of amides is 2. The van der Waals surface area contributed by atoms with Gasteiger partial charge in [-0.3, -0.25) is 4.68 Å². The number of carbonyl (C=O) groups is 1. The maximum atomic E-state index is 12.4. The standard InChI is InChI=1S/C21H33N5O/c1-16(14-26-18(3)11-17(2)24-26)13-22-21(27)23-20(15-25(4)5)12-19-9-7-6-8-10-19/h6-11,16,20H,12-15H2,1-5H3,(H2,22,23,27). The molecule has 6 nitrogen and oxygen atoms in total. The van der Waals surface area contributed by atoms with E-state index in [-0.39, 0.29) is 12.1 Å². The molecule has 1 aromatic heterocycles. The minimum atomic E-state index is -0.113. The van der Waals surface area contributed by atoms with E-state index in [0.29, 0.717) is 12.5 Å². The van der Waals surface area contributed by atoms with Crippen LogP contribution in [0.25, 0.3) is 0 Å². The minimum Gasteiger partial charge on any atom is -0.338 e. The van der Waals surface area contributed by atoms with Gasteiger partial charge in [0, 0.05) is 31.4 Å². The van der Waals surface area contributed by atoms with Crippen LogP contribution in [-0.2, 0) is 13.0 Å². The van der Waals surface area contributed by atoms with Crippen molar-refractivity contribution in [1.82, 2.24) is 25.3 Å². The number of likely N-dealkylation sites (N-methyl/N-ethyl adjacent to an activating group) is 1. The largest absolute Gasteiger partial charge is 0.338 e. The quantitative estimate of drug-likeness (QED) is 0.712. The third-order valence-corrected chi connectivity index (χ3v) is 4.44. The van der Waals surface area contributed by atoms with Gasteiger partial charge in [-0.1, -0.05) is 37.3 Å². The van der Waals surface area contributed by atoms with E-state index in [1.807, 2.05) is 43.9 Å². The van der Waals surface area contributed by atoms with E-state index in [1.165, 1.54) is 5.56 Å². The topological polar surface area (TPSA) is 62.2 Å². The van der Waals surface area contributed by atoms with Crippen LogP contribution in [0.2, 0.25) is 0 Å². The molecule has 0 saturated carbocycles. The predicted molar refractivity (Wildman–Crippen MR) is 110 cm³/mol. The minimum absolute atomic E-state index is 0.0636. The monoisotopic (exact) mass is 371 g/mol. The maximum Gasteiger partial charge on any atom is 0.315 e. The third-order valence-electron chi connectivity index (χ3n) is 4.44. The summed E-state index contributed by atoms with van der Waals surface area (Å²) in [6.45, 7) is 8.39. The summed E-state index contributed by atoms with van der Waals surface area (Å²) in [6, 6.07) is 12.3. The summed E-state index contributed by atoms with van der Waals surface area (Å²) in [5, 5.41) is 10.6. The summed E-state index contributed by atoms with van der Waals surface area (Å²) in [4.78, 5) is 14.5. The lowest BCUT2D eigenvalue weighted by Crippen LogP contribution is -2.48. The number of nitrogens with zero attached hydrogens (tertiary/aromatic N) is 3. The number of hydrogen-bond acceptors (Lipinski definition) is 3. The maximum absolute atomic E-state index is 12.4. The van der Waals surface area contributed by atoms with Crippen LogP contribution in [0, 0.1) is 19.8 Å². The van der Waals surface area contributed by atoms with Crippen molar-refractivity contribution in [3.05, 3.63) is 53.3 Å². The Kier molecular flexibility index (Phi) is 7.85. The van der Waals surface area contributed by atoms with Crippen LogP contribution in [0.15, 0.2) is 36.4 Å². The molecule has 2 aromatic rings. The first-order chi connectivity index (χ1) is 12.8.